The van der Waals surface area contributed by atoms with Gasteiger partial charge in [0.15, 0.2) is 0 Å². The number of rotatable bonds is 4. The highest BCUT2D eigenvalue weighted by Gasteiger charge is 2.18. The number of nitrogens with zero attached hydrogens (tertiary/aromatic N) is 1. The van der Waals surface area contributed by atoms with Gasteiger partial charge in [-0.25, -0.2) is 0 Å². The standard InChI is InChI=1S/C19H18N2O2S2/c1-21(13-6-4-3-5-7-13)19(25)16-17(22)14-10-12(11-23-2)8-9-15(14)20-18(16)24/h3-10H,11H2,1-2H3,(H2,20,22,24). The van der Waals surface area contributed by atoms with Gasteiger partial charge in [0.05, 0.1) is 22.7 Å². The number of fused-ring (bicyclic) bond motifs is 1. The van der Waals surface area contributed by atoms with Crippen molar-refractivity contribution in [2.24, 2.45) is 0 Å². The van der Waals surface area contributed by atoms with E-state index in [0.29, 0.717) is 27.6 Å². The Bertz CT molecular complexity index is 984. The summed E-state index contributed by atoms with van der Waals surface area (Å²) in [5, 5.41) is 1.04. The van der Waals surface area contributed by atoms with Gasteiger partial charge >= 0.3 is 0 Å². The largest absolute Gasteiger partial charge is 0.380 e. The molecule has 0 radical (unpaired) electrons. The molecule has 128 valence electrons. The van der Waals surface area contributed by atoms with Crippen LogP contribution in [0.25, 0.3) is 10.9 Å². The van der Waals surface area contributed by atoms with E-state index in [-0.39, 0.29) is 5.43 Å². The van der Waals surface area contributed by atoms with Crippen molar-refractivity contribution < 1.29 is 4.74 Å². The minimum Gasteiger partial charge on any atom is -0.380 e. The van der Waals surface area contributed by atoms with Crippen molar-refractivity contribution >= 4 is 46.4 Å². The quantitative estimate of drug-likeness (QED) is 0.542. The number of para-hydroxylation sites is 1. The monoisotopic (exact) mass is 370 g/mol. The molecule has 6 heteroatoms. The Balaban J connectivity index is 2.12. The third-order valence-corrected chi connectivity index (χ3v) is 4.83. The van der Waals surface area contributed by atoms with Crippen molar-refractivity contribution in [1.29, 1.82) is 0 Å². The molecule has 0 aliphatic rings. The maximum atomic E-state index is 13.1. The van der Waals surface area contributed by atoms with Crippen LogP contribution < -0.4 is 10.3 Å². The van der Waals surface area contributed by atoms with Crippen LogP contribution >= 0.6 is 24.8 Å². The number of nitrogens with one attached hydrogen (secondary N) is 1. The molecule has 1 aromatic heterocycles. The molecule has 25 heavy (non-hydrogen) atoms. The molecule has 0 fully saturated rings. The van der Waals surface area contributed by atoms with E-state index >= 15 is 0 Å². The van der Waals surface area contributed by atoms with Gasteiger partial charge in [-0.15, -0.1) is 12.6 Å². The lowest BCUT2D eigenvalue weighted by molar-refractivity contribution is 0.185. The molecule has 0 atom stereocenters. The van der Waals surface area contributed by atoms with Crippen LogP contribution in [0.15, 0.2) is 58.4 Å². The zero-order valence-corrected chi connectivity index (χ0v) is 15.7. The lowest BCUT2D eigenvalue weighted by Gasteiger charge is -2.21. The van der Waals surface area contributed by atoms with Gasteiger partial charge < -0.3 is 14.6 Å². The van der Waals surface area contributed by atoms with E-state index < -0.39 is 0 Å². The van der Waals surface area contributed by atoms with E-state index in [9.17, 15) is 4.79 Å². The Morgan fingerprint density at radius 2 is 1.96 bits per heavy atom. The van der Waals surface area contributed by atoms with Crippen molar-refractivity contribution in [3.05, 3.63) is 69.9 Å². The van der Waals surface area contributed by atoms with E-state index in [4.69, 9.17) is 17.0 Å². The second-order valence-electron chi connectivity index (χ2n) is 5.69. The van der Waals surface area contributed by atoms with Crippen molar-refractivity contribution in [2.75, 3.05) is 19.1 Å². The second-order valence-corrected chi connectivity index (χ2v) is 6.52. The molecular formula is C19H18N2O2S2. The van der Waals surface area contributed by atoms with Crippen molar-refractivity contribution in [3.63, 3.8) is 0 Å². The van der Waals surface area contributed by atoms with Gasteiger partial charge in [0.25, 0.3) is 0 Å². The number of H-pyrrole nitrogens is 1. The fraction of sp³-hybridized carbons (Fsp3) is 0.158. The number of anilines is 1. The Labute approximate surface area is 156 Å². The van der Waals surface area contributed by atoms with Gasteiger partial charge in [0.2, 0.25) is 5.43 Å². The van der Waals surface area contributed by atoms with E-state index in [1.54, 1.807) is 7.11 Å². The average Bonchev–Trinajstić information content (AvgIpc) is 2.62. The Kier molecular flexibility index (Phi) is 5.22. The summed E-state index contributed by atoms with van der Waals surface area (Å²) < 4.78 is 5.15. The molecule has 2 aromatic carbocycles. The number of hydrogen-bond donors (Lipinski definition) is 2. The molecular weight excluding hydrogens is 352 g/mol. The number of pyridine rings is 1. The zero-order valence-electron chi connectivity index (χ0n) is 13.9. The highest BCUT2D eigenvalue weighted by atomic mass is 32.1. The third-order valence-electron chi connectivity index (χ3n) is 4.02. The number of ether oxygens (including phenoxy) is 1. The first-order valence-electron chi connectivity index (χ1n) is 7.73. The van der Waals surface area contributed by atoms with Crippen molar-refractivity contribution in [2.45, 2.75) is 11.6 Å². The normalized spacial score (nSPS) is 10.8. The van der Waals surface area contributed by atoms with Crippen LogP contribution in [0, 0.1) is 0 Å². The first-order chi connectivity index (χ1) is 12.0. The fourth-order valence-electron chi connectivity index (χ4n) is 2.71. The molecule has 0 unspecified atom stereocenters. The first kappa shape index (κ1) is 17.7. The molecule has 0 saturated heterocycles. The number of thiol groups is 1. The number of aromatic nitrogens is 1. The topological polar surface area (TPSA) is 45.3 Å². The van der Waals surface area contributed by atoms with Crippen LogP contribution in [0.1, 0.15) is 11.1 Å². The van der Waals surface area contributed by atoms with E-state index in [2.05, 4.69) is 17.6 Å². The summed E-state index contributed by atoms with van der Waals surface area (Å²) in [5.41, 5.74) is 2.83. The van der Waals surface area contributed by atoms with Crippen LogP contribution in [0.3, 0.4) is 0 Å². The predicted molar refractivity (Wildman–Crippen MR) is 109 cm³/mol. The maximum Gasteiger partial charge on any atom is 0.200 e. The van der Waals surface area contributed by atoms with Crippen LogP contribution in [0.5, 0.6) is 0 Å². The maximum absolute atomic E-state index is 13.1. The van der Waals surface area contributed by atoms with Gasteiger partial charge in [-0.3, -0.25) is 4.79 Å². The number of aromatic amines is 1. The molecule has 0 saturated carbocycles. The Morgan fingerprint density at radius 1 is 1.24 bits per heavy atom. The summed E-state index contributed by atoms with van der Waals surface area (Å²) in [6, 6.07) is 15.3. The molecule has 3 rings (SSSR count). The number of benzene rings is 2. The molecule has 3 aromatic rings. The Morgan fingerprint density at radius 3 is 2.64 bits per heavy atom. The molecule has 0 aliphatic heterocycles. The predicted octanol–water partition coefficient (Wildman–Crippen LogP) is 3.78. The highest BCUT2D eigenvalue weighted by molar-refractivity contribution is 7.82. The lowest BCUT2D eigenvalue weighted by atomic mass is 10.1. The zero-order chi connectivity index (χ0) is 18.0. The van der Waals surface area contributed by atoms with Gasteiger partial charge in [-0.2, -0.15) is 0 Å². The highest BCUT2D eigenvalue weighted by Crippen LogP contribution is 2.21. The molecule has 4 nitrogen and oxygen atoms in total. The molecule has 0 bridgehead atoms. The number of thiocarbonyl (C=S) groups is 1. The number of hydrogen-bond acceptors (Lipinski definition) is 4. The summed E-state index contributed by atoms with van der Waals surface area (Å²) in [6.07, 6.45) is 0. The average molecular weight is 370 g/mol. The van der Waals surface area contributed by atoms with Crippen LogP contribution in [-0.4, -0.2) is 24.1 Å². The smallest absolute Gasteiger partial charge is 0.200 e. The summed E-state index contributed by atoms with van der Waals surface area (Å²) in [4.78, 5) is 18.5. The summed E-state index contributed by atoms with van der Waals surface area (Å²) in [7, 11) is 3.47. The van der Waals surface area contributed by atoms with E-state index in [1.807, 2.05) is 60.5 Å². The number of methoxy groups -OCH3 is 1. The van der Waals surface area contributed by atoms with E-state index in [0.717, 1.165) is 16.8 Å². The molecule has 0 aliphatic carbocycles. The molecule has 0 spiro atoms. The molecule has 1 heterocycles. The third kappa shape index (κ3) is 3.46. The first-order valence-corrected chi connectivity index (χ1v) is 8.58. The van der Waals surface area contributed by atoms with Gasteiger partial charge in [-0.05, 0) is 29.8 Å². The van der Waals surface area contributed by atoms with Crippen LogP contribution in [-0.2, 0) is 11.3 Å². The fourth-order valence-corrected chi connectivity index (χ4v) is 3.42. The summed E-state index contributed by atoms with van der Waals surface area (Å²) in [6.45, 7) is 0.446. The van der Waals surface area contributed by atoms with Crippen molar-refractivity contribution in [1.82, 2.24) is 4.98 Å². The van der Waals surface area contributed by atoms with E-state index in [1.165, 1.54) is 0 Å². The van der Waals surface area contributed by atoms with Gasteiger partial charge in [0, 0.05) is 25.2 Å². The minimum absolute atomic E-state index is 0.135. The van der Waals surface area contributed by atoms with Gasteiger partial charge in [0.1, 0.15) is 4.99 Å². The molecule has 0 amide bonds. The second kappa shape index (κ2) is 7.39. The van der Waals surface area contributed by atoms with Gasteiger partial charge in [-0.1, -0.05) is 36.5 Å². The van der Waals surface area contributed by atoms with Crippen LogP contribution in [0.2, 0.25) is 0 Å². The summed E-state index contributed by atoms with van der Waals surface area (Å²) >= 11 is 10.0. The molecule has 1 N–H and O–H groups in total. The Hall–Kier alpha value is -2.15. The van der Waals surface area contributed by atoms with Crippen LogP contribution in [0.4, 0.5) is 5.69 Å². The van der Waals surface area contributed by atoms with Crippen molar-refractivity contribution in [3.8, 4) is 0 Å². The SMILES string of the molecule is COCc1ccc2[nH]c(S)c(C(=S)N(C)c3ccccc3)c(=O)c2c1. The lowest BCUT2D eigenvalue weighted by Crippen LogP contribution is -2.31. The summed E-state index contributed by atoms with van der Waals surface area (Å²) in [5.74, 6) is 0. The minimum atomic E-state index is -0.135.